The van der Waals surface area contributed by atoms with Crippen LogP contribution in [0.5, 0.6) is 5.75 Å². The van der Waals surface area contributed by atoms with Crippen molar-refractivity contribution in [3.05, 3.63) is 94.0 Å². The number of allylic oxidation sites excluding steroid dienone is 1. The van der Waals surface area contributed by atoms with Crippen LogP contribution in [-0.2, 0) is 17.3 Å². The van der Waals surface area contributed by atoms with Gasteiger partial charge in [-0.25, -0.2) is 4.79 Å². The van der Waals surface area contributed by atoms with Crippen molar-refractivity contribution in [1.82, 2.24) is 0 Å². The Morgan fingerprint density at radius 2 is 1.51 bits per heavy atom. The Bertz CT molecular complexity index is 1290. The van der Waals surface area contributed by atoms with Crippen LogP contribution in [0.4, 0.5) is 5.69 Å². The molecule has 0 heterocycles. The highest BCUT2D eigenvalue weighted by Crippen LogP contribution is 2.47. The molecule has 3 heteroatoms. The van der Waals surface area contributed by atoms with Gasteiger partial charge >= 0.3 is 5.97 Å². The first-order chi connectivity index (χ1) is 17.5. The largest absolute Gasteiger partial charge is 0.423 e. The average Bonchev–Trinajstić information content (AvgIpc) is 2.87. The lowest BCUT2D eigenvalue weighted by Gasteiger charge is -2.42. The molecule has 1 aliphatic carbocycles. The van der Waals surface area contributed by atoms with Crippen molar-refractivity contribution in [2.45, 2.75) is 84.5 Å². The summed E-state index contributed by atoms with van der Waals surface area (Å²) in [6, 6.07) is 19.5. The van der Waals surface area contributed by atoms with E-state index < -0.39 is 0 Å². The molecule has 0 saturated carbocycles. The van der Waals surface area contributed by atoms with Crippen molar-refractivity contribution >= 4 is 23.3 Å². The van der Waals surface area contributed by atoms with Gasteiger partial charge in [0.2, 0.25) is 0 Å². The average molecular weight is 496 g/mol. The summed E-state index contributed by atoms with van der Waals surface area (Å²) in [5.41, 5.74) is 15.4. The van der Waals surface area contributed by atoms with Gasteiger partial charge in [-0.2, -0.15) is 0 Å². The summed E-state index contributed by atoms with van der Waals surface area (Å²) in [6.45, 7) is 14.0. The summed E-state index contributed by atoms with van der Waals surface area (Å²) in [7, 11) is 0. The highest BCUT2D eigenvalue weighted by atomic mass is 16.5. The molecule has 3 aromatic carbocycles. The summed E-state index contributed by atoms with van der Waals surface area (Å²) in [6.07, 6.45) is 8.12. The Morgan fingerprint density at radius 3 is 2.11 bits per heavy atom. The van der Waals surface area contributed by atoms with E-state index in [1.54, 1.807) is 24.3 Å². The number of rotatable bonds is 7. The number of carbonyl (C=O) groups is 1. The number of anilines is 1. The molecular formula is C34H41NO2. The number of ether oxygens (including phenoxy) is 1. The number of hydrogen-bond acceptors (Lipinski definition) is 3. The summed E-state index contributed by atoms with van der Waals surface area (Å²) < 4.78 is 5.48. The number of nitrogens with two attached hydrogens (primary N) is 1. The molecule has 0 saturated heterocycles. The van der Waals surface area contributed by atoms with E-state index >= 15 is 0 Å². The molecule has 0 atom stereocenters. The minimum absolute atomic E-state index is 0.176. The topological polar surface area (TPSA) is 52.3 Å². The number of benzene rings is 3. The van der Waals surface area contributed by atoms with E-state index in [2.05, 4.69) is 59.8 Å². The van der Waals surface area contributed by atoms with E-state index in [4.69, 9.17) is 10.5 Å². The van der Waals surface area contributed by atoms with Crippen LogP contribution >= 0.6 is 0 Å². The van der Waals surface area contributed by atoms with Crippen LogP contribution in [0.15, 0.2) is 60.7 Å². The van der Waals surface area contributed by atoms with Crippen LogP contribution in [0.2, 0.25) is 0 Å². The molecule has 0 amide bonds. The van der Waals surface area contributed by atoms with Crippen molar-refractivity contribution in [2.75, 3.05) is 5.73 Å². The molecule has 3 aromatic rings. The van der Waals surface area contributed by atoms with Gasteiger partial charge in [-0.05, 0) is 113 Å². The van der Waals surface area contributed by atoms with E-state index in [9.17, 15) is 4.79 Å². The molecule has 3 nitrogen and oxygen atoms in total. The van der Waals surface area contributed by atoms with Crippen LogP contribution in [0.3, 0.4) is 0 Å². The number of unbranched alkanes of at least 4 members (excludes halogenated alkanes) is 1. The van der Waals surface area contributed by atoms with Crippen LogP contribution in [-0.4, -0.2) is 5.97 Å². The van der Waals surface area contributed by atoms with Crippen molar-refractivity contribution in [3.8, 4) is 5.75 Å². The molecule has 2 N–H and O–H groups in total. The van der Waals surface area contributed by atoms with Gasteiger partial charge in [-0.15, -0.1) is 0 Å². The third-order valence-corrected chi connectivity index (χ3v) is 7.92. The predicted octanol–water partition coefficient (Wildman–Crippen LogP) is 8.74. The molecule has 37 heavy (non-hydrogen) atoms. The standard InChI is InChI=1S/C34H41NO2/c1-7-8-9-26-21-30-31(34(5,6)19-18-33(30,3)4)22-29(26)23(2)20-24-10-12-25(13-11-24)32(36)37-28-16-14-27(35)15-17-28/h10-17,20-22H,7-9,18-19,35H2,1-6H3. The van der Waals surface area contributed by atoms with E-state index in [0.29, 0.717) is 17.0 Å². The first-order valence-corrected chi connectivity index (χ1v) is 13.5. The maximum absolute atomic E-state index is 12.6. The van der Waals surface area contributed by atoms with Gasteiger partial charge in [-0.1, -0.05) is 71.4 Å². The van der Waals surface area contributed by atoms with Gasteiger partial charge in [0, 0.05) is 5.69 Å². The maximum atomic E-state index is 12.6. The molecule has 0 spiro atoms. The first kappa shape index (κ1) is 26.7. The fourth-order valence-corrected chi connectivity index (χ4v) is 5.34. The highest BCUT2D eigenvalue weighted by molar-refractivity contribution is 5.91. The van der Waals surface area contributed by atoms with Gasteiger partial charge in [0.1, 0.15) is 5.75 Å². The van der Waals surface area contributed by atoms with Crippen LogP contribution in [0.1, 0.15) is 105 Å². The van der Waals surface area contributed by atoms with Gasteiger partial charge in [0.25, 0.3) is 0 Å². The lowest BCUT2D eigenvalue weighted by atomic mass is 9.62. The molecule has 0 unspecified atom stereocenters. The highest BCUT2D eigenvalue weighted by Gasteiger charge is 2.37. The molecule has 0 fully saturated rings. The van der Waals surface area contributed by atoms with E-state index in [1.165, 1.54) is 53.5 Å². The van der Waals surface area contributed by atoms with Crippen LogP contribution in [0, 0.1) is 0 Å². The number of esters is 1. The number of carbonyl (C=O) groups excluding carboxylic acids is 1. The third kappa shape index (κ3) is 5.98. The van der Waals surface area contributed by atoms with E-state index in [-0.39, 0.29) is 16.8 Å². The van der Waals surface area contributed by atoms with Crippen LogP contribution in [0.25, 0.3) is 11.6 Å². The third-order valence-electron chi connectivity index (χ3n) is 7.92. The molecule has 1 aliphatic rings. The fourth-order valence-electron chi connectivity index (χ4n) is 5.34. The SMILES string of the molecule is CCCCc1cc2c(cc1C(C)=Cc1ccc(C(=O)Oc3ccc(N)cc3)cc1)C(C)(C)CCC2(C)C. The normalized spacial score (nSPS) is 16.2. The summed E-state index contributed by atoms with van der Waals surface area (Å²) in [5, 5.41) is 0. The van der Waals surface area contributed by atoms with Gasteiger partial charge in [0.15, 0.2) is 0 Å². The molecule has 0 radical (unpaired) electrons. The predicted molar refractivity (Wildman–Crippen MR) is 156 cm³/mol. The quantitative estimate of drug-likeness (QED) is 0.154. The van der Waals surface area contributed by atoms with Crippen molar-refractivity contribution < 1.29 is 9.53 Å². The summed E-state index contributed by atoms with van der Waals surface area (Å²) in [4.78, 5) is 12.6. The Hall–Kier alpha value is -3.33. The Balaban J connectivity index is 1.63. The van der Waals surface area contributed by atoms with Crippen LogP contribution < -0.4 is 10.5 Å². The second-order valence-corrected chi connectivity index (χ2v) is 11.8. The molecular weight excluding hydrogens is 454 g/mol. The van der Waals surface area contributed by atoms with Gasteiger partial charge < -0.3 is 10.5 Å². The minimum atomic E-state index is -0.376. The Kier molecular flexibility index (Phi) is 7.64. The van der Waals surface area contributed by atoms with Crippen molar-refractivity contribution in [3.63, 3.8) is 0 Å². The Morgan fingerprint density at radius 1 is 0.919 bits per heavy atom. The zero-order valence-corrected chi connectivity index (χ0v) is 23.3. The van der Waals surface area contributed by atoms with Crippen molar-refractivity contribution in [2.24, 2.45) is 0 Å². The second kappa shape index (κ2) is 10.6. The molecule has 0 aromatic heterocycles. The second-order valence-electron chi connectivity index (χ2n) is 11.8. The smallest absolute Gasteiger partial charge is 0.343 e. The number of fused-ring (bicyclic) bond motifs is 1. The zero-order valence-electron chi connectivity index (χ0n) is 23.3. The van der Waals surface area contributed by atoms with Gasteiger partial charge in [-0.3, -0.25) is 0 Å². The number of nitrogen functional groups attached to an aromatic ring is 1. The zero-order chi connectivity index (χ0) is 26.8. The lowest BCUT2D eigenvalue weighted by molar-refractivity contribution is 0.0735. The van der Waals surface area contributed by atoms with E-state index in [0.717, 1.165) is 12.0 Å². The minimum Gasteiger partial charge on any atom is -0.423 e. The van der Waals surface area contributed by atoms with E-state index in [1.807, 2.05) is 24.3 Å². The molecule has 0 aliphatic heterocycles. The molecule has 194 valence electrons. The van der Waals surface area contributed by atoms with Crippen molar-refractivity contribution in [1.29, 1.82) is 0 Å². The number of aryl methyl sites for hydroxylation is 1. The summed E-state index contributed by atoms with van der Waals surface area (Å²) in [5.74, 6) is 0.107. The lowest BCUT2D eigenvalue weighted by Crippen LogP contribution is -2.34. The molecule has 0 bridgehead atoms. The first-order valence-electron chi connectivity index (χ1n) is 13.5. The summed E-state index contributed by atoms with van der Waals surface area (Å²) >= 11 is 0. The fraction of sp³-hybridized carbons (Fsp3) is 0.382. The van der Waals surface area contributed by atoms with Gasteiger partial charge in [0.05, 0.1) is 5.56 Å². The monoisotopic (exact) mass is 495 g/mol. The molecule has 4 rings (SSSR count). The maximum Gasteiger partial charge on any atom is 0.343 e. The number of hydrogen-bond donors (Lipinski definition) is 1. The Labute approximate surface area is 222 Å².